The van der Waals surface area contributed by atoms with E-state index in [0.29, 0.717) is 52.9 Å². The van der Waals surface area contributed by atoms with Crippen LogP contribution in [-0.4, -0.2) is 92.6 Å². The Balaban J connectivity index is 2.90. The molecule has 0 rings (SSSR count). The highest BCUT2D eigenvalue weighted by molar-refractivity contribution is 7.38. The SMILES string of the molecule is COCCOCCOCCPCCOCCOCCOC. The first kappa shape index (κ1) is 21.2. The number of hydrogen-bond acceptors (Lipinski definition) is 6. The first-order chi connectivity index (χ1) is 10.4. The molecule has 0 aliphatic rings. The summed E-state index contributed by atoms with van der Waals surface area (Å²) >= 11 is 0. The van der Waals surface area contributed by atoms with Crippen molar-refractivity contribution in [2.75, 3.05) is 92.6 Å². The van der Waals surface area contributed by atoms with Crippen LogP contribution in [-0.2, 0) is 28.4 Å². The van der Waals surface area contributed by atoms with Gasteiger partial charge in [0.05, 0.1) is 66.1 Å². The molecule has 0 aromatic rings. The average molecular weight is 326 g/mol. The summed E-state index contributed by atoms with van der Waals surface area (Å²) in [4.78, 5) is 0. The largest absolute Gasteiger partial charge is 0.382 e. The maximum atomic E-state index is 5.46. The molecule has 0 atom stereocenters. The van der Waals surface area contributed by atoms with E-state index in [9.17, 15) is 0 Å². The number of hydrogen-bond donors (Lipinski definition) is 0. The van der Waals surface area contributed by atoms with E-state index in [1.165, 1.54) is 0 Å². The van der Waals surface area contributed by atoms with Gasteiger partial charge < -0.3 is 28.4 Å². The van der Waals surface area contributed by atoms with Gasteiger partial charge in [0.15, 0.2) is 0 Å². The molecule has 0 saturated heterocycles. The van der Waals surface area contributed by atoms with Crippen molar-refractivity contribution >= 4 is 8.58 Å². The van der Waals surface area contributed by atoms with E-state index in [1.54, 1.807) is 14.2 Å². The van der Waals surface area contributed by atoms with Crippen LogP contribution in [0.3, 0.4) is 0 Å². The molecular formula is C14H31O6P. The van der Waals surface area contributed by atoms with Crippen LogP contribution in [0.5, 0.6) is 0 Å². The fourth-order valence-electron chi connectivity index (χ4n) is 1.34. The monoisotopic (exact) mass is 326 g/mol. The molecule has 21 heavy (non-hydrogen) atoms. The summed E-state index contributed by atoms with van der Waals surface area (Å²) in [5.41, 5.74) is 0. The highest BCUT2D eigenvalue weighted by Gasteiger charge is 1.93. The van der Waals surface area contributed by atoms with Crippen molar-refractivity contribution in [3.63, 3.8) is 0 Å². The first-order valence-electron chi connectivity index (χ1n) is 7.41. The molecule has 0 aliphatic carbocycles. The quantitative estimate of drug-likeness (QED) is 0.277. The number of rotatable bonds is 18. The first-order valence-corrected chi connectivity index (χ1v) is 8.82. The molecule has 6 nitrogen and oxygen atoms in total. The van der Waals surface area contributed by atoms with Crippen molar-refractivity contribution in [3.05, 3.63) is 0 Å². The molecule has 0 heterocycles. The van der Waals surface area contributed by atoms with E-state index in [4.69, 9.17) is 28.4 Å². The van der Waals surface area contributed by atoms with Gasteiger partial charge in [0.2, 0.25) is 0 Å². The van der Waals surface area contributed by atoms with Gasteiger partial charge in [-0.05, 0) is 12.3 Å². The van der Waals surface area contributed by atoms with Gasteiger partial charge in [-0.25, -0.2) is 0 Å². The Labute approximate surface area is 130 Å². The minimum atomic E-state index is 0.633. The zero-order valence-corrected chi connectivity index (χ0v) is 14.4. The predicted octanol–water partition coefficient (Wildman–Crippen LogP) is 1.02. The van der Waals surface area contributed by atoms with Crippen molar-refractivity contribution in [1.29, 1.82) is 0 Å². The van der Waals surface area contributed by atoms with Crippen LogP contribution in [0.4, 0.5) is 0 Å². The highest BCUT2D eigenvalue weighted by atomic mass is 31.1. The van der Waals surface area contributed by atoms with Crippen LogP contribution in [0.2, 0.25) is 0 Å². The average Bonchev–Trinajstić information content (AvgIpc) is 2.50. The summed E-state index contributed by atoms with van der Waals surface area (Å²) < 4.78 is 31.3. The molecule has 0 aliphatic heterocycles. The maximum absolute atomic E-state index is 5.46. The van der Waals surface area contributed by atoms with Gasteiger partial charge in [-0.15, -0.1) is 8.58 Å². The van der Waals surface area contributed by atoms with Gasteiger partial charge in [0.25, 0.3) is 0 Å². The summed E-state index contributed by atoms with van der Waals surface area (Å²) in [6.45, 7) is 6.72. The van der Waals surface area contributed by atoms with Crippen LogP contribution in [0.1, 0.15) is 0 Å². The third kappa shape index (κ3) is 20.2. The second-order valence-corrected chi connectivity index (χ2v) is 5.69. The zero-order chi connectivity index (χ0) is 15.4. The summed E-state index contributed by atoms with van der Waals surface area (Å²) in [6, 6.07) is 0. The molecule has 0 spiro atoms. The fraction of sp³-hybridized carbons (Fsp3) is 1.00. The lowest BCUT2D eigenvalue weighted by Gasteiger charge is -2.07. The second kappa shape index (κ2) is 20.2. The molecule has 0 N–H and O–H groups in total. The van der Waals surface area contributed by atoms with Gasteiger partial charge in [0.1, 0.15) is 0 Å². The molecule has 7 heteroatoms. The lowest BCUT2D eigenvalue weighted by molar-refractivity contribution is 0.0278. The van der Waals surface area contributed by atoms with Gasteiger partial charge in [-0.3, -0.25) is 0 Å². The summed E-state index contributed by atoms with van der Waals surface area (Å²) in [6.07, 6.45) is 2.18. The smallest absolute Gasteiger partial charge is 0.0701 e. The molecular weight excluding hydrogens is 295 g/mol. The molecule has 0 aromatic heterocycles. The van der Waals surface area contributed by atoms with Gasteiger partial charge in [-0.1, -0.05) is 0 Å². The van der Waals surface area contributed by atoms with E-state index in [2.05, 4.69) is 0 Å². The Kier molecular flexibility index (Phi) is 20.4. The van der Waals surface area contributed by atoms with Gasteiger partial charge in [-0.2, -0.15) is 0 Å². The molecule has 0 bridgehead atoms. The molecule has 0 radical (unpaired) electrons. The van der Waals surface area contributed by atoms with Crippen LogP contribution in [0, 0.1) is 0 Å². The lowest BCUT2D eigenvalue weighted by atomic mass is 10.7. The van der Waals surface area contributed by atoms with Crippen LogP contribution in [0.15, 0.2) is 0 Å². The Morgan fingerprint density at radius 3 is 1.19 bits per heavy atom. The van der Waals surface area contributed by atoms with E-state index in [1.807, 2.05) is 0 Å². The fourth-order valence-corrected chi connectivity index (χ4v) is 2.17. The van der Waals surface area contributed by atoms with Gasteiger partial charge in [0, 0.05) is 14.2 Å². The number of methoxy groups -OCH3 is 2. The van der Waals surface area contributed by atoms with Crippen molar-refractivity contribution in [3.8, 4) is 0 Å². The predicted molar refractivity (Wildman–Crippen MR) is 85.1 cm³/mol. The van der Waals surface area contributed by atoms with Crippen LogP contribution >= 0.6 is 8.58 Å². The van der Waals surface area contributed by atoms with Crippen LogP contribution in [0.25, 0.3) is 0 Å². The minimum Gasteiger partial charge on any atom is -0.382 e. The van der Waals surface area contributed by atoms with E-state index in [0.717, 1.165) is 34.1 Å². The molecule has 0 fully saturated rings. The lowest BCUT2D eigenvalue weighted by Crippen LogP contribution is -2.10. The third-order valence-electron chi connectivity index (χ3n) is 2.45. The Bertz CT molecular complexity index is 167. The third-order valence-corrected chi connectivity index (χ3v) is 3.57. The normalized spacial score (nSPS) is 11.1. The molecule has 0 saturated carbocycles. The van der Waals surface area contributed by atoms with Crippen molar-refractivity contribution in [2.45, 2.75) is 0 Å². The summed E-state index contributed by atoms with van der Waals surface area (Å²) in [5, 5.41) is 0. The molecule has 0 aromatic carbocycles. The van der Waals surface area contributed by atoms with E-state index >= 15 is 0 Å². The highest BCUT2D eigenvalue weighted by Crippen LogP contribution is 2.07. The Hall–Kier alpha value is 0.190. The zero-order valence-electron chi connectivity index (χ0n) is 13.4. The van der Waals surface area contributed by atoms with E-state index < -0.39 is 0 Å². The summed E-state index contributed by atoms with van der Waals surface area (Å²) in [7, 11) is 4.22. The van der Waals surface area contributed by atoms with Gasteiger partial charge >= 0.3 is 0 Å². The Morgan fingerprint density at radius 1 is 0.476 bits per heavy atom. The van der Waals surface area contributed by atoms with Crippen LogP contribution < -0.4 is 0 Å². The standard InChI is InChI=1S/C14H31O6P/c1-15-3-5-17-7-9-19-11-13-21-14-12-20-10-8-18-6-4-16-2/h21H,3-14H2,1-2H3. The number of ether oxygens (including phenoxy) is 6. The molecule has 0 amide bonds. The maximum Gasteiger partial charge on any atom is 0.0701 e. The van der Waals surface area contributed by atoms with Crippen molar-refractivity contribution in [2.24, 2.45) is 0 Å². The topological polar surface area (TPSA) is 55.4 Å². The Morgan fingerprint density at radius 2 is 0.810 bits per heavy atom. The second-order valence-electron chi connectivity index (χ2n) is 4.19. The molecule has 0 unspecified atom stereocenters. The van der Waals surface area contributed by atoms with Crippen molar-refractivity contribution < 1.29 is 28.4 Å². The molecule has 128 valence electrons. The minimum absolute atomic E-state index is 0.633. The van der Waals surface area contributed by atoms with E-state index in [-0.39, 0.29) is 0 Å². The van der Waals surface area contributed by atoms with Crippen molar-refractivity contribution in [1.82, 2.24) is 0 Å². The summed E-state index contributed by atoms with van der Waals surface area (Å²) in [5.74, 6) is 0.